The molecule has 2 aromatic rings. The molecule has 106 valence electrons. The number of hydrogen-bond donors (Lipinski definition) is 1. The van der Waals surface area contributed by atoms with Crippen LogP contribution in [0.1, 0.15) is 19.4 Å². The number of rotatable bonds is 6. The van der Waals surface area contributed by atoms with Gasteiger partial charge in [-0.05, 0) is 30.7 Å². The maximum atomic E-state index is 4.54. The second-order valence-electron chi connectivity index (χ2n) is 5.41. The SMILES string of the molecule is CC(C)CNCc1cccnc1N(C)c1ccccc1. The number of para-hydroxylation sites is 1. The summed E-state index contributed by atoms with van der Waals surface area (Å²) in [5, 5.41) is 3.48. The van der Waals surface area contributed by atoms with Crippen molar-refractivity contribution in [1.82, 2.24) is 10.3 Å². The third-order valence-electron chi connectivity index (χ3n) is 3.20. The van der Waals surface area contributed by atoms with Crippen LogP contribution in [0.5, 0.6) is 0 Å². The van der Waals surface area contributed by atoms with E-state index in [2.05, 4.69) is 54.3 Å². The van der Waals surface area contributed by atoms with E-state index >= 15 is 0 Å². The Morgan fingerprint density at radius 3 is 2.55 bits per heavy atom. The first-order valence-electron chi connectivity index (χ1n) is 7.12. The zero-order chi connectivity index (χ0) is 14.4. The predicted molar refractivity (Wildman–Crippen MR) is 85.3 cm³/mol. The Labute approximate surface area is 121 Å². The van der Waals surface area contributed by atoms with Gasteiger partial charge >= 0.3 is 0 Å². The fourth-order valence-electron chi connectivity index (χ4n) is 2.14. The Bertz CT molecular complexity index is 523. The van der Waals surface area contributed by atoms with Crippen LogP contribution in [0.3, 0.4) is 0 Å². The summed E-state index contributed by atoms with van der Waals surface area (Å²) >= 11 is 0. The number of nitrogens with zero attached hydrogens (tertiary/aromatic N) is 2. The lowest BCUT2D eigenvalue weighted by Gasteiger charge is -2.21. The fraction of sp³-hybridized carbons (Fsp3) is 0.353. The first-order chi connectivity index (χ1) is 9.68. The van der Waals surface area contributed by atoms with Crippen molar-refractivity contribution in [3.05, 3.63) is 54.2 Å². The summed E-state index contributed by atoms with van der Waals surface area (Å²) in [4.78, 5) is 6.67. The van der Waals surface area contributed by atoms with Gasteiger partial charge in [0, 0.05) is 31.0 Å². The molecule has 3 heteroatoms. The zero-order valence-electron chi connectivity index (χ0n) is 12.5. The van der Waals surface area contributed by atoms with E-state index in [1.807, 2.05) is 30.5 Å². The predicted octanol–water partition coefficient (Wildman–Crippen LogP) is 3.60. The van der Waals surface area contributed by atoms with Crippen LogP contribution in [-0.4, -0.2) is 18.6 Å². The molecule has 0 aliphatic heterocycles. The summed E-state index contributed by atoms with van der Waals surface area (Å²) in [6.07, 6.45) is 1.85. The largest absolute Gasteiger partial charge is 0.329 e. The minimum atomic E-state index is 0.655. The standard InChI is InChI=1S/C17H23N3/c1-14(2)12-18-13-15-8-7-11-19-17(15)20(3)16-9-5-4-6-10-16/h4-11,14,18H,12-13H2,1-3H3. The number of anilines is 2. The average molecular weight is 269 g/mol. The normalized spacial score (nSPS) is 10.8. The summed E-state index contributed by atoms with van der Waals surface area (Å²) in [6, 6.07) is 14.4. The van der Waals surface area contributed by atoms with Gasteiger partial charge in [0.15, 0.2) is 0 Å². The summed E-state index contributed by atoms with van der Waals surface area (Å²) in [5.74, 6) is 1.66. The molecule has 1 heterocycles. The van der Waals surface area contributed by atoms with Gasteiger partial charge in [0.2, 0.25) is 0 Å². The highest BCUT2D eigenvalue weighted by Crippen LogP contribution is 2.24. The molecule has 1 N–H and O–H groups in total. The monoisotopic (exact) mass is 269 g/mol. The highest BCUT2D eigenvalue weighted by Gasteiger charge is 2.10. The minimum Gasteiger partial charge on any atom is -0.329 e. The highest BCUT2D eigenvalue weighted by atomic mass is 15.2. The molecule has 0 aliphatic carbocycles. The van der Waals surface area contributed by atoms with E-state index in [0.29, 0.717) is 5.92 Å². The van der Waals surface area contributed by atoms with E-state index in [0.717, 1.165) is 24.6 Å². The lowest BCUT2D eigenvalue weighted by Crippen LogP contribution is -2.21. The van der Waals surface area contributed by atoms with Gasteiger partial charge in [-0.25, -0.2) is 4.98 Å². The smallest absolute Gasteiger partial charge is 0.137 e. The lowest BCUT2D eigenvalue weighted by atomic mass is 10.2. The van der Waals surface area contributed by atoms with Crippen molar-refractivity contribution in [1.29, 1.82) is 0 Å². The van der Waals surface area contributed by atoms with Crippen LogP contribution < -0.4 is 10.2 Å². The number of aromatic nitrogens is 1. The maximum Gasteiger partial charge on any atom is 0.137 e. The molecule has 0 unspecified atom stereocenters. The molecule has 0 amide bonds. The molecule has 20 heavy (non-hydrogen) atoms. The molecule has 0 radical (unpaired) electrons. The highest BCUT2D eigenvalue weighted by molar-refractivity contribution is 5.61. The van der Waals surface area contributed by atoms with Crippen LogP contribution in [0, 0.1) is 5.92 Å². The molecule has 0 saturated heterocycles. The zero-order valence-corrected chi connectivity index (χ0v) is 12.5. The Balaban J connectivity index is 2.15. The van der Waals surface area contributed by atoms with Crippen molar-refractivity contribution in [2.45, 2.75) is 20.4 Å². The Hall–Kier alpha value is -1.87. The van der Waals surface area contributed by atoms with Gasteiger partial charge < -0.3 is 10.2 Å². The van der Waals surface area contributed by atoms with Gasteiger partial charge in [-0.3, -0.25) is 0 Å². The molecule has 0 saturated carbocycles. The first kappa shape index (κ1) is 14.5. The second-order valence-corrected chi connectivity index (χ2v) is 5.41. The van der Waals surface area contributed by atoms with Crippen molar-refractivity contribution >= 4 is 11.5 Å². The van der Waals surface area contributed by atoms with Crippen LogP contribution in [-0.2, 0) is 6.54 Å². The molecule has 0 aliphatic rings. The number of pyridine rings is 1. The van der Waals surface area contributed by atoms with Gasteiger partial charge in [-0.15, -0.1) is 0 Å². The molecule has 0 bridgehead atoms. The average Bonchev–Trinajstić information content (AvgIpc) is 2.47. The summed E-state index contributed by atoms with van der Waals surface area (Å²) < 4.78 is 0. The number of hydrogen-bond acceptors (Lipinski definition) is 3. The first-order valence-corrected chi connectivity index (χ1v) is 7.12. The van der Waals surface area contributed by atoms with Crippen molar-refractivity contribution in [2.24, 2.45) is 5.92 Å². The molecule has 1 aromatic heterocycles. The summed E-state index contributed by atoms with van der Waals surface area (Å²) in [7, 11) is 2.06. The molecular formula is C17H23N3. The fourth-order valence-corrected chi connectivity index (χ4v) is 2.14. The van der Waals surface area contributed by atoms with E-state index in [9.17, 15) is 0 Å². The van der Waals surface area contributed by atoms with E-state index in [-0.39, 0.29) is 0 Å². The quantitative estimate of drug-likeness (QED) is 0.868. The molecule has 0 fully saturated rings. The topological polar surface area (TPSA) is 28.2 Å². The summed E-state index contributed by atoms with van der Waals surface area (Å²) in [5.41, 5.74) is 2.37. The summed E-state index contributed by atoms with van der Waals surface area (Å²) in [6.45, 7) is 6.29. The number of benzene rings is 1. The van der Waals surface area contributed by atoms with Gasteiger partial charge in [0.05, 0.1) is 0 Å². The van der Waals surface area contributed by atoms with E-state index in [4.69, 9.17) is 0 Å². The van der Waals surface area contributed by atoms with Crippen LogP contribution in [0.4, 0.5) is 11.5 Å². The second kappa shape index (κ2) is 7.06. The Morgan fingerprint density at radius 2 is 1.85 bits per heavy atom. The number of nitrogens with one attached hydrogen (secondary N) is 1. The van der Waals surface area contributed by atoms with Crippen LogP contribution in [0.2, 0.25) is 0 Å². The van der Waals surface area contributed by atoms with E-state index in [1.165, 1.54) is 5.56 Å². The van der Waals surface area contributed by atoms with Crippen molar-refractivity contribution in [2.75, 3.05) is 18.5 Å². The Kier molecular flexibility index (Phi) is 5.13. The van der Waals surface area contributed by atoms with Crippen LogP contribution >= 0.6 is 0 Å². The van der Waals surface area contributed by atoms with Crippen molar-refractivity contribution < 1.29 is 0 Å². The molecule has 1 aromatic carbocycles. The van der Waals surface area contributed by atoms with Crippen molar-refractivity contribution in [3.63, 3.8) is 0 Å². The van der Waals surface area contributed by atoms with Crippen LogP contribution in [0.25, 0.3) is 0 Å². The van der Waals surface area contributed by atoms with Gasteiger partial charge in [-0.2, -0.15) is 0 Å². The third kappa shape index (κ3) is 3.81. The van der Waals surface area contributed by atoms with Gasteiger partial charge in [0.25, 0.3) is 0 Å². The Morgan fingerprint density at radius 1 is 1.10 bits per heavy atom. The molecule has 3 nitrogen and oxygen atoms in total. The molecule has 0 spiro atoms. The van der Waals surface area contributed by atoms with Gasteiger partial charge in [0.1, 0.15) is 5.82 Å². The van der Waals surface area contributed by atoms with Crippen molar-refractivity contribution in [3.8, 4) is 0 Å². The lowest BCUT2D eigenvalue weighted by molar-refractivity contribution is 0.552. The molecular weight excluding hydrogens is 246 g/mol. The third-order valence-corrected chi connectivity index (χ3v) is 3.20. The van der Waals surface area contributed by atoms with E-state index < -0.39 is 0 Å². The molecule has 0 atom stereocenters. The van der Waals surface area contributed by atoms with E-state index in [1.54, 1.807) is 0 Å². The maximum absolute atomic E-state index is 4.54. The molecule has 2 rings (SSSR count). The van der Waals surface area contributed by atoms with Gasteiger partial charge in [-0.1, -0.05) is 38.1 Å². The van der Waals surface area contributed by atoms with Crippen LogP contribution in [0.15, 0.2) is 48.7 Å². The minimum absolute atomic E-state index is 0.655.